The molecule has 2 rings (SSSR count). The van der Waals surface area contributed by atoms with Crippen LogP contribution < -0.4 is 0 Å². The topological polar surface area (TPSA) is 12.5 Å². The van der Waals surface area contributed by atoms with Crippen LogP contribution in [-0.4, -0.2) is 36.7 Å². The molecule has 1 aliphatic carbocycles. The maximum Gasteiger partial charge on any atom is 0.0656 e. The summed E-state index contributed by atoms with van der Waals surface area (Å²) in [5, 5.41) is 0. The van der Waals surface area contributed by atoms with Crippen LogP contribution in [-0.2, 0) is 4.74 Å². The minimum absolute atomic E-state index is 0.278. The van der Waals surface area contributed by atoms with Crippen LogP contribution in [0.4, 0.5) is 0 Å². The Morgan fingerprint density at radius 2 is 1.93 bits per heavy atom. The first kappa shape index (κ1) is 11.4. The third kappa shape index (κ3) is 3.46. The van der Waals surface area contributed by atoms with Gasteiger partial charge in [-0.15, -0.1) is 0 Å². The molecule has 0 radical (unpaired) electrons. The van der Waals surface area contributed by atoms with Gasteiger partial charge in [0, 0.05) is 0 Å². The maximum atomic E-state index is 5.96. The molecule has 1 heterocycles. The highest BCUT2D eigenvalue weighted by atomic mass is 16.5. The Hall–Kier alpha value is -0.0800. The Labute approximate surface area is 94.0 Å². The molecular weight excluding hydrogens is 186 g/mol. The van der Waals surface area contributed by atoms with Gasteiger partial charge >= 0.3 is 0 Å². The van der Waals surface area contributed by atoms with E-state index in [4.69, 9.17) is 4.74 Å². The summed E-state index contributed by atoms with van der Waals surface area (Å²) in [7, 11) is 0. The summed E-state index contributed by atoms with van der Waals surface area (Å²) in [5.74, 6) is 0.829. The van der Waals surface area contributed by atoms with Gasteiger partial charge in [-0.2, -0.15) is 0 Å². The van der Waals surface area contributed by atoms with E-state index in [0.717, 1.165) is 12.5 Å². The van der Waals surface area contributed by atoms with Crippen LogP contribution in [0.3, 0.4) is 0 Å². The molecule has 2 fully saturated rings. The SMILES string of the molecule is CCCN1CCC(COC2(C)CC2)CC1. The van der Waals surface area contributed by atoms with Crippen molar-refractivity contribution in [3.8, 4) is 0 Å². The molecule has 15 heavy (non-hydrogen) atoms. The summed E-state index contributed by atoms with van der Waals surface area (Å²) in [6.07, 6.45) is 6.54. The van der Waals surface area contributed by atoms with Crippen molar-refractivity contribution in [3.63, 3.8) is 0 Å². The van der Waals surface area contributed by atoms with Crippen LogP contribution in [0.25, 0.3) is 0 Å². The van der Waals surface area contributed by atoms with Crippen molar-refractivity contribution in [2.45, 2.75) is 51.6 Å². The lowest BCUT2D eigenvalue weighted by molar-refractivity contribution is 0.00642. The first-order chi connectivity index (χ1) is 7.22. The van der Waals surface area contributed by atoms with Crippen molar-refractivity contribution in [1.29, 1.82) is 0 Å². The molecule has 0 N–H and O–H groups in total. The van der Waals surface area contributed by atoms with E-state index in [9.17, 15) is 0 Å². The molecule has 1 saturated carbocycles. The van der Waals surface area contributed by atoms with Crippen molar-refractivity contribution in [2.75, 3.05) is 26.2 Å². The van der Waals surface area contributed by atoms with Gasteiger partial charge in [-0.1, -0.05) is 6.92 Å². The minimum Gasteiger partial charge on any atom is -0.375 e. The summed E-state index contributed by atoms with van der Waals surface area (Å²) in [4.78, 5) is 2.59. The van der Waals surface area contributed by atoms with Gasteiger partial charge in [0.1, 0.15) is 0 Å². The van der Waals surface area contributed by atoms with E-state index in [-0.39, 0.29) is 5.60 Å². The number of hydrogen-bond donors (Lipinski definition) is 0. The first-order valence-electron chi connectivity index (χ1n) is 6.58. The molecule has 1 saturated heterocycles. The third-order valence-electron chi connectivity index (χ3n) is 3.87. The van der Waals surface area contributed by atoms with Crippen LogP contribution >= 0.6 is 0 Å². The van der Waals surface area contributed by atoms with E-state index >= 15 is 0 Å². The normalized spacial score (nSPS) is 26.8. The van der Waals surface area contributed by atoms with Crippen molar-refractivity contribution in [3.05, 3.63) is 0 Å². The molecule has 0 atom stereocenters. The smallest absolute Gasteiger partial charge is 0.0656 e. The van der Waals surface area contributed by atoms with Crippen LogP contribution in [0.5, 0.6) is 0 Å². The van der Waals surface area contributed by atoms with Gasteiger partial charge in [0.05, 0.1) is 12.2 Å². The van der Waals surface area contributed by atoms with E-state index in [2.05, 4.69) is 18.7 Å². The third-order valence-corrected chi connectivity index (χ3v) is 3.87. The van der Waals surface area contributed by atoms with Crippen molar-refractivity contribution >= 4 is 0 Å². The average Bonchev–Trinajstić information content (AvgIpc) is 2.97. The van der Waals surface area contributed by atoms with E-state index in [1.54, 1.807) is 0 Å². The highest BCUT2D eigenvalue weighted by Crippen LogP contribution is 2.39. The molecular formula is C13H25NO. The Kier molecular flexibility index (Phi) is 3.68. The van der Waals surface area contributed by atoms with Gasteiger partial charge in [0.25, 0.3) is 0 Å². The highest BCUT2D eigenvalue weighted by molar-refractivity contribution is 4.91. The molecule has 2 nitrogen and oxygen atoms in total. The standard InChI is InChI=1S/C13H25NO/c1-3-8-14-9-4-12(5-10-14)11-15-13(2)6-7-13/h12H,3-11H2,1-2H3. The van der Waals surface area contributed by atoms with Crippen LogP contribution in [0, 0.1) is 5.92 Å². The molecule has 0 bridgehead atoms. The summed E-state index contributed by atoms with van der Waals surface area (Å²) in [6, 6.07) is 0. The Morgan fingerprint density at radius 1 is 1.27 bits per heavy atom. The second-order valence-electron chi connectivity index (χ2n) is 5.55. The van der Waals surface area contributed by atoms with Gasteiger partial charge in [-0.05, 0) is 64.6 Å². The fourth-order valence-corrected chi connectivity index (χ4v) is 2.33. The van der Waals surface area contributed by atoms with Crippen molar-refractivity contribution < 1.29 is 4.74 Å². The predicted molar refractivity (Wildman–Crippen MR) is 63.0 cm³/mol. The lowest BCUT2D eigenvalue weighted by Gasteiger charge is -2.32. The van der Waals surface area contributed by atoms with Gasteiger partial charge in [-0.25, -0.2) is 0 Å². The monoisotopic (exact) mass is 211 g/mol. The number of hydrogen-bond acceptors (Lipinski definition) is 2. The van der Waals surface area contributed by atoms with Gasteiger partial charge < -0.3 is 9.64 Å². The van der Waals surface area contributed by atoms with Gasteiger partial charge in [0.2, 0.25) is 0 Å². The molecule has 0 aromatic heterocycles. The summed E-state index contributed by atoms with van der Waals surface area (Å²) in [6.45, 7) is 9.39. The molecule has 2 aliphatic rings. The van der Waals surface area contributed by atoms with Crippen LogP contribution in [0.15, 0.2) is 0 Å². The van der Waals surface area contributed by atoms with E-state index in [1.165, 1.54) is 51.7 Å². The number of piperidine rings is 1. The van der Waals surface area contributed by atoms with Crippen LogP contribution in [0.1, 0.15) is 46.0 Å². The molecule has 0 spiro atoms. The average molecular weight is 211 g/mol. The lowest BCUT2D eigenvalue weighted by atomic mass is 9.97. The van der Waals surface area contributed by atoms with Gasteiger partial charge in [-0.3, -0.25) is 0 Å². The maximum absolute atomic E-state index is 5.96. The van der Waals surface area contributed by atoms with Crippen molar-refractivity contribution in [1.82, 2.24) is 4.90 Å². The predicted octanol–water partition coefficient (Wildman–Crippen LogP) is 2.68. The largest absolute Gasteiger partial charge is 0.375 e. The molecule has 88 valence electrons. The Bertz CT molecular complexity index is 193. The zero-order chi connectivity index (χ0) is 10.7. The second kappa shape index (κ2) is 4.84. The zero-order valence-corrected chi connectivity index (χ0v) is 10.3. The zero-order valence-electron chi connectivity index (χ0n) is 10.3. The number of ether oxygens (including phenoxy) is 1. The highest BCUT2D eigenvalue weighted by Gasteiger charge is 2.39. The van der Waals surface area contributed by atoms with E-state index in [1.807, 2.05) is 0 Å². The number of nitrogens with zero attached hydrogens (tertiary/aromatic N) is 1. The van der Waals surface area contributed by atoms with E-state index < -0.39 is 0 Å². The van der Waals surface area contributed by atoms with Crippen LogP contribution in [0.2, 0.25) is 0 Å². The summed E-state index contributed by atoms with van der Waals surface area (Å²) >= 11 is 0. The minimum atomic E-state index is 0.278. The quantitative estimate of drug-likeness (QED) is 0.693. The molecule has 0 amide bonds. The van der Waals surface area contributed by atoms with Gasteiger partial charge in [0.15, 0.2) is 0 Å². The fourth-order valence-electron chi connectivity index (χ4n) is 2.33. The summed E-state index contributed by atoms with van der Waals surface area (Å²) in [5.41, 5.74) is 0.278. The number of rotatable bonds is 5. The molecule has 2 heteroatoms. The van der Waals surface area contributed by atoms with Crippen molar-refractivity contribution in [2.24, 2.45) is 5.92 Å². The Morgan fingerprint density at radius 3 is 2.47 bits per heavy atom. The fraction of sp³-hybridized carbons (Fsp3) is 1.00. The number of likely N-dealkylation sites (tertiary alicyclic amines) is 1. The first-order valence-corrected chi connectivity index (χ1v) is 6.58. The van der Waals surface area contributed by atoms with E-state index in [0.29, 0.717) is 0 Å². The molecule has 0 unspecified atom stereocenters. The Balaban J connectivity index is 1.60. The lowest BCUT2D eigenvalue weighted by Crippen LogP contribution is -2.36. The molecule has 1 aliphatic heterocycles. The molecule has 0 aromatic rings. The summed E-state index contributed by atoms with van der Waals surface area (Å²) < 4.78 is 5.96. The second-order valence-corrected chi connectivity index (χ2v) is 5.55. The molecule has 0 aromatic carbocycles.